The summed E-state index contributed by atoms with van der Waals surface area (Å²) >= 11 is 0. The minimum absolute atomic E-state index is 0. The molecular formula is C56H58KN5O8. The van der Waals surface area contributed by atoms with E-state index in [-0.39, 0.29) is 75.3 Å². The predicted octanol–water partition coefficient (Wildman–Crippen LogP) is 5.61. The van der Waals surface area contributed by atoms with Crippen molar-refractivity contribution in [1.29, 1.82) is 0 Å². The number of rotatable bonds is 6. The molecule has 0 unspecified atom stereocenters. The number of carbonyl (C=O) groups excluding carboxylic acids is 5. The minimum Gasteiger partial charge on any atom is -0.850 e. The number of ether oxygens (including phenoxy) is 2. The number of hydrogen-bond donors (Lipinski definition) is 3. The Bertz CT molecular complexity index is 3250. The standard InChI is InChI=1S/C24H18N2O2.C14H13NO3.C10H10N2O.C4H8O.C4H9O.K/c27-20-11-21(28)23(22(20)17-12-25-19-9-2-1-7-15(17)19)18-13-26-10-4-6-14-5-3-8-16(18)24(14)26;1-18-14(17)13(16)11-8-15-7-3-5-9-4-2-6-10(11)12(9)15;11-10(13)5-7-6-12-9-4-2-1-3-8(7)9;1-2-4-5-3-1;1-4(2,3)5;/h1-3,5,7-9,12-13,25H,4,6,10-11H2;2,4,6,8H,3,5,7H2,1H3;1-4,6,12H,5H2,(H2,11,13);1-4H2;1-3H3;/q;;;;-1;+1. The van der Waals surface area contributed by atoms with Gasteiger partial charge in [-0.15, -0.1) is 5.60 Å². The summed E-state index contributed by atoms with van der Waals surface area (Å²) in [5, 5.41) is 14.1. The molecule has 4 N–H and O–H groups in total. The van der Waals surface area contributed by atoms with E-state index in [0.29, 0.717) is 23.1 Å². The third-order valence-electron chi connectivity index (χ3n) is 12.4. The van der Waals surface area contributed by atoms with Gasteiger partial charge < -0.3 is 39.4 Å². The van der Waals surface area contributed by atoms with Gasteiger partial charge in [-0.1, -0.05) is 93.6 Å². The molecule has 0 atom stereocenters. The van der Waals surface area contributed by atoms with Gasteiger partial charge in [0.2, 0.25) is 5.91 Å². The van der Waals surface area contributed by atoms with E-state index < -0.39 is 17.4 Å². The van der Waals surface area contributed by atoms with E-state index in [1.165, 1.54) is 36.6 Å². The molecular weight excluding hydrogens is 910 g/mol. The minimum atomic E-state index is -0.807. The van der Waals surface area contributed by atoms with Crippen LogP contribution in [-0.4, -0.2) is 74.3 Å². The first kappa shape index (κ1) is 52.1. The average molecular weight is 968 g/mol. The molecule has 12 rings (SSSR count). The van der Waals surface area contributed by atoms with Crippen molar-refractivity contribution in [3.05, 3.63) is 143 Å². The molecule has 0 radical (unpaired) electrons. The Labute approximate surface area is 449 Å². The van der Waals surface area contributed by atoms with Gasteiger partial charge in [0.25, 0.3) is 5.78 Å². The van der Waals surface area contributed by atoms with E-state index >= 15 is 0 Å². The zero-order valence-electron chi connectivity index (χ0n) is 40.6. The topological polar surface area (TPSA) is 194 Å². The van der Waals surface area contributed by atoms with E-state index in [9.17, 15) is 29.1 Å². The summed E-state index contributed by atoms with van der Waals surface area (Å²) in [5.41, 5.74) is 15.5. The number of nitrogens with two attached hydrogens (primary N) is 1. The van der Waals surface area contributed by atoms with Crippen molar-refractivity contribution in [2.24, 2.45) is 5.73 Å². The number of aryl methyl sites for hydroxylation is 4. The number of para-hydroxylation sites is 4. The maximum Gasteiger partial charge on any atom is 1.00 e. The number of carbonyl (C=O) groups is 5. The second-order valence-electron chi connectivity index (χ2n) is 18.6. The first-order chi connectivity index (χ1) is 33.2. The fourth-order valence-electron chi connectivity index (χ4n) is 9.52. The fourth-order valence-corrected chi connectivity index (χ4v) is 9.52. The number of nitrogens with one attached hydrogen (secondary N) is 2. The van der Waals surface area contributed by atoms with Gasteiger partial charge in [-0.2, -0.15) is 0 Å². The second-order valence-corrected chi connectivity index (χ2v) is 18.6. The predicted molar refractivity (Wildman–Crippen MR) is 268 cm³/mol. The normalized spacial score (nSPS) is 14.7. The number of esters is 1. The maximum absolute atomic E-state index is 13.0. The molecule has 0 bridgehead atoms. The number of H-pyrrole nitrogens is 2. The summed E-state index contributed by atoms with van der Waals surface area (Å²) in [7, 11) is 1.23. The van der Waals surface area contributed by atoms with Crippen LogP contribution in [0.15, 0.2) is 110 Å². The number of hydrogen-bond acceptors (Lipinski definition) is 8. The molecule has 1 saturated heterocycles. The van der Waals surface area contributed by atoms with Crippen molar-refractivity contribution in [1.82, 2.24) is 19.1 Å². The molecule has 0 spiro atoms. The molecule has 4 aromatic carbocycles. The van der Waals surface area contributed by atoms with Crippen LogP contribution in [0.5, 0.6) is 0 Å². The number of aromatic nitrogens is 4. The van der Waals surface area contributed by atoms with E-state index in [4.69, 9.17) is 10.5 Å². The van der Waals surface area contributed by atoms with Crippen LogP contribution in [0, 0.1) is 0 Å². The SMILES string of the molecule is C1CCOC1.CC(C)(C)[O-].COC(=O)C(=O)c1cn2c3c(cccc13)CCC2.NC(=O)Cc1c[nH]c2ccccc12.O=C1CC(=O)C(c2cn3c4c(cccc24)CCC3)=C1c1c[nH]c2ccccc12.[K+]. The van der Waals surface area contributed by atoms with Crippen LogP contribution in [0.25, 0.3) is 54.8 Å². The number of nitrogens with zero attached hydrogens (tertiary/aromatic N) is 2. The first-order valence-electron chi connectivity index (χ1n) is 23.5. The van der Waals surface area contributed by atoms with Gasteiger partial charge in [0.15, 0.2) is 11.6 Å². The molecule has 3 aliphatic heterocycles. The second kappa shape index (κ2) is 23.0. The quantitative estimate of drug-likeness (QED) is 0.0630. The molecule has 7 heterocycles. The Morgan fingerprint density at radius 3 is 1.79 bits per heavy atom. The largest absolute Gasteiger partial charge is 1.00 e. The molecule has 1 aliphatic carbocycles. The fraction of sp³-hybridized carbons (Fsp3) is 0.304. The zero-order chi connectivity index (χ0) is 48.8. The van der Waals surface area contributed by atoms with E-state index in [2.05, 4.69) is 54.3 Å². The van der Waals surface area contributed by atoms with Crippen LogP contribution in [0.2, 0.25) is 0 Å². The van der Waals surface area contributed by atoms with Crippen molar-refractivity contribution < 1.29 is 89.9 Å². The van der Waals surface area contributed by atoms with Gasteiger partial charge in [0, 0.05) is 106 Å². The molecule has 14 heteroatoms. The van der Waals surface area contributed by atoms with Crippen LogP contribution in [0.3, 0.4) is 0 Å². The summed E-state index contributed by atoms with van der Waals surface area (Å²) in [6.07, 6.45) is 14.6. The molecule has 4 aromatic heterocycles. The number of fused-ring (bicyclic) bond motifs is 2. The molecule has 70 heavy (non-hydrogen) atoms. The van der Waals surface area contributed by atoms with Gasteiger partial charge in [0.1, 0.15) is 0 Å². The number of benzene rings is 4. The Morgan fingerprint density at radius 1 is 0.686 bits per heavy atom. The summed E-state index contributed by atoms with van der Waals surface area (Å²) < 4.78 is 13.8. The molecule has 8 aromatic rings. The van der Waals surface area contributed by atoms with Gasteiger partial charge in [-0.05, 0) is 67.3 Å². The molecule has 13 nitrogen and oxygen atoms in total. The van der Waals surface area contributed by atoms with Crippen molar-refractivity contribution in [3.63, 3.8) is 0 Å². The molecule has 1 fully saturated rings. The summed E-state index contributed by atoms with van der Waals surface area (Å²) in [6, 6.07) is 27.9. The smallest absolute Gasteiger partial charge is 0.850 e. The zero-order valence-corrected chi connectivity index (χ0v) is 43.7. The van der Waals surface area contributed by atoms with Crippen LogP contribution in [0.4, 0.5) is 0 Å². The number of ketones is 3. The van der Waals surface area contributed by atoms with E-state index in [0.717, 1.165) is 107 Å². The van der Waals surface area contributed by atoms with Gasteiger partial charge >= 0.3 is 57.4 Å². The number of primary amides is 1. The summed E-state index contributed by atoms with van der Waals surface area (Å²) in [5.74, 6) is -1.84. The van der Waals surface area contributed by atoms with Gasteiger partial charge in [0.05, 0.1) is 36.5 Å². The first-order valence-corrected chi connectivity index (χ1v) is 23.5. The monoisotopic (exact) mass is 967 g/mol. The van der Waals surface area contributed by atoms with Crippen LogP contribution in [0.1, 0.15) is 91.1 Å². The molecule has 0 saturated carbocycles. The number of Topliss-reactive ketones (excluding diaryl/α,β-unsaturated/α-hetero) is 3. The number of aromatic amines is 2. The number of amides is 1. The third-order valence-corrected chi connectivity index (χ3v) is 12.4. The number of allylic oxidation sites excluding steroid dienone is 2. The van der Waals surface area contributed by atoms with Crippen molar-refractivity contribution in [2.75, 3.05) is 20.3 Å². The van der Waals surface area contributed by atoms with Crippen LogP contribution < -0.4 is 62.2 Å². The Morgan fingerprint density at radius 2 is 1.20 bits per heavy atom. The van der Waals surface area contributed by atoms with Crippen molar-refractivity contribution >= 4 is 84.0 Å². The Kier molecular flexibility index (Phi) is 17.1. The maximum atomic E-state index is 13.0. The van der Waals surface area contributed by atoms with Gasteiger partial charge in [-0.25, -0.2) is 4.79 Å². The van der Waals surface area contributed by atoms with Crippen molar-refractivity contribution in [2.45, 2.75) is 90.8 Å². The number of methoxy groups -OCH3 is 1. The van der Waals surface area contributed by atoms with E-state index in [1.54, 1.807) is 27.0 Å². The molecule has 1 amide bonds. The molecule has 356 valence electrons. The van der Waals surface area contributed by atoms with Gasteiger partial charge in [-0.3, -0.25) is 19.2 Å². The molecule has 4 aliphatic rings. The van der Waals surface area contributed by atoms with Crippen LogP contribution >= 0.6 is 0 Å². The third kappa shape index (κ3) is 11.7. The Balaban J connectivity index is 0.000000148. The summed E-state index contributed by atoms with van der Waals surface area (Å²) in [6.45, 7) is 8.74. The summed E-state index contributed by atoms with van der Waals surface area (Å²) in [4.78, 5) is 66.3. The average Bonchev–Trinajstić information content (AvgIpc) is 4.22. The van der Waals surface area contributed by atoms with E-state index in [1.807, 2.05) is 73.1 Å². The van der Waals surface area contributed by atoms with Crippen molar-refractivity contribution in [3.8, 4) is 0 Å². The Hall–Kier alpha value is -5.71. The van der Waals surface area contributed by atoms with Crippen LogP contribution in [-0.2, 0) is 61.0 Å².